The van der Waals surface area contributed by atoms with Crippen molar-refractivity contribution in [1.82, 2.24) is 10.3 Å². The van der Waals surface area contributed by atoms with Crippen LogP contribution < -0.4 is 10.2 Å². The van der Waals surface area contributed by atoms with Crippen LogP contribution in [0.15, 0.2) is 36.5 Å². The molecule has 106 valence electrons. The van der Waals surface area contributed by atoms with E-state index in [9.17, 15) is 5.11 Å². The van der Waals surface area contributed by atoms with Crippen molar-refractivity contribution in [3.63, 3.8) is 0 Å². The van der Waals surface area contributed by atoms with Crippen molar-refractivity contribution < 1.29 is 5.11 Å². The Labute approximate surface area is 120 Å². The first-order chi connectivity index (χ1) is 9.65. The van der Waals surface area contributed by atoms with Crippen LogP contribution in [0.5, 0.6) is 0 Å². The van der Waals surface area contributed by atoms with Crippen LogP contribution in [-0.4, -0.2) is 31.2 Å². The van der Waals surface area contributed by atoms with Gasteiger partial charge in [0, 0.05) is 38.1 Å². The molecule has 0 unspecified atom stereocenters. The molecule has 1 heterocycles. The zero-order valence-corrected chi connectivity index (χ0v) is 12.2. The maximum atomic E-state index is 9.60. The summed E-state index contributed by atoms with van der Waals surface area (Å²) in [5, 5.41) is 12.7. The number of hydrogen-bond donors (Lipinski definition) is 2. The highest BCUT2D eigenvalue weighted by Gasteiger charge is 2.08. The van der Waals surface area contributed by atoms with Gasteiger partial charge in [-0.1, -0.05) is 6.07 Å². The van der Waals surface area contributed by atoms with Crippen molar-refractivity contribution >= 4 is 5.69 Å². The minimum Gasteiger partial charge on any atom is -0.392 e. The molecule has 0 amide bonds. The van der Waals surface area contributed by atoms with Gasteiger partial charge in [-0.2, -0.15) is 0 Å². The lowest BCUT2D eigenvalue weighted by Gasteiger charge is -2.16. The van der Waals surface area contributed by atoms with Crippen LogP contribution in [-0.2, 0) is 13.2 Å². The number of aromatic nitrogens is 1. The Kier molecular flexibility index (Phi) is 4.71. The molecule has 0 spiro atoms. The van der Waals surface area contributed by atoms with Gasteiger partial charge < -0.3 is 15.3 Å². The Morgan fingerprint density at radius 2 is 2.00 bits per heavy atom. The monoisotopic (exact) mass is 271 g/mol. The van der Waals surface area contributed by atoms with Crippen LogP contribution in [0.25, 0.3) is 11.3 Å². The molecule has 0 aliphatic carbocycles. The van der Waals surface area contributed by atoms with E-state index in [1.807, 2.05) is 56.5 Å². The van der Waals surface area contributed by atoms with Gasteiger partial charge in [-0.15, -0.1) is 0 Å². The molecule has 2 aromatic rings. The minimum atomic E-state index is 0.00888. The predicted octanol–water partition coefficient (Wildman–Crippen LogP) is 2.03. The van der Waals surface area contributed by atoms with E-state index >= 15 is 0 Å². The highest BCUT2D eigenvalue weighted by Crippen LogP contribution is 2.26. The molecule has 0 aliphatic rings. The van der Waals surface area contributed by atoms with Crippen molar-refractivity contribution in [2.24, 2.45) is 0 Å². The largest absolute Gasteiger partial charge is 0.392 e. The van der Waals surface area contributed by atoms with Crippen LogP contribution in [0, 0.1) is 0 Å². The number of aliphatic hydroxyl groups is 1. The third kappa shape index (κ3) is 3.15. The van der Waals surface area contributed by atoms with E-state index in [-0.39, 0.29) is 6.61 Å². The second-order valence-corrected chi connectivity index (χ2v) is 4.97. The van der Waals surface area contributed by atoms with Crippen LogP contribution in [0.3, 0.4) is 0 Å². The summed E-state index contributed by atoms with van der Waals surface area (Å²) in [5.41, 5.74) is 5.02. The topological polar surface area (TPSA) is 48.4 Å². The summed E-state index contributed by atoms with van der Waals surface area (Å²) in [5.74, 6) is 0. The van der Waals surface area contributed by atoms with E-state index in [1.165, 1.54) is 5.56 Å². The zero-order valence-electron chi connectivity index (χ0n) is 12.2. The molecule has 4 nitrogen and oxygen atoms in total. The van der Waals surface area contributed by atoms with E-state index in [0.717, 1.165) is 29.1 Å². The fraction of sp³-hybridized carbons (Fsp3) is 0.312. The van der Waals surface area contributed by atoms with Gasteiger partial charge in [0.15, 0.2) is 0 Å². The number of benzene rings is 1. The molecule has 20 heavy (non-hydrogen) atoms. The lowest BCUT2D eigenvalue weighted by atomic mass is 10.0. The molecule has 0 saturated heterocycles. The summed E-state index contributed by atoms with van der Waals surface area (Å²) in [6, 6.07) is 10.1. The van der Waals surface area contributed by atoms with Gasteiger partial charge in [-0.3, -0.25) is 4.98 Å². The lowest BCUT2D eigenvalue weighted by Crippen LogP contribution is -2.09. The van der Waals surface area contributed by atoms with Crippen molar-refractivity contribution in [3.8, 4) is 11.3 Å². The molecular weight excluding hydrogens is 250 g/mol. The third-order valence-electron chi connectivity index (χ3n) is 3.26. The predicted molar refractivity (Wildman–Crippen MR) is 82.7 cm³/mol. The molecule has 2 N–H and O–H groups in total. The van der Waals surface area contributed by atoms with E-state index in [2.05, 4.69) is 16.4 Å². The van der Waals surface area contributed by atoms with Crippen LogP contribution in [0.1, 0.15) is 11.1 Å². The number of pyridine rings is 1. The summed E-state index contributed by atoms with van der Waals surface area (Å²) in [7, 11) is 5.90. The van der Waals surface area contributed by atoms with Gasteiger partial charge in [-0.25, -0.2) is 0 Å². The van der Waals surface area contributed by atoms with Gasteiger partial charge in [0.2, 0.25) is 0 Å². The third-order valence-corrected chi connectivity index (χ3v) is 3.26. The lowest BCUT2D eigenvalue weighted by molar-refractivity contribution is 0.282. The normalized spacial score (nSPS) is 10.6. The van der Waals surface area contributed by atoms with Crippen LogP contribution in [0.2, 0.25) is 0 Å². The number of rotatable bonds is 5. The number of hydrogen-bond acceptors (Lipinski definition) is 4. The van der Waals surface area contributed by atoms with Crippen molar-refractivity contribution in [3.05, 3.63) is 47.7 Å². The molecule has 0 aliphatic heterocycles. The van der Waals surface area contributed by atoms with Gasteiger partial charge in [0.1, 0.15) is 0 Å². The first kappa shape index (κ1) is 14.5. The van der Waals surface area contributed by atoms with Crippen molar-refractivity contribution in [1.29, 1.82) is 0 Å². The van der Waals surface area contributed by atoms with Crippen molar-refractivity contribution in [2.45, 2.75) is 13.2 Å². The van der Waals surface area contributed by atoms with Crippen molar-refractivity contribution in [2.75, 3.05) is 26.0 Å². The summed E-state index contributed by atoms with van der Waals surface area (Å²) in [6.45, 7) is 0.814. The quantitative estimate of drug-likeness (QED) is 0.873. The molecule has 0 saturated carbocycles. The second kappa shape index (κ2) is 6.50. The second-order valence-electron chi connectivity index (χ2n) is 4.97. The fourth-order valence-corrected chi connectivity index (χ4v) is 2.17. The molecule has 0 fully saturated rings. The molecule has 0 bridgehead atoms. The number of nitrogens with zero attached hydrogens (tertiary/aromatic N) is 2. The van der Waals surface area contributed by atoms with Gasteiger partial charge in [-0.05, 0) is 42.4 Å². The molecule has 2 rings (SSSR count). The Morgan fingerprint density at radius 1 is 1.20 bits per heavy atom. The van der Waals surface area contributed by atoms with E-state index in [1.54, 1.807) is 0 Å². The van der Waals surface area contributed by atoms with Gasteiger partial charge in [0.05, 0.1) is 12.3 Å². The fourth-order valence-electron chi connectivity index (χ4n) is 2.17. The summed E-state index contributed by atoms with van der Waals surface area (Å²) in [6.07, 6.45) is 1.81. The van der Waals surface area contributed by atoms with Gasteiger partial charge >= 0.3 is 0 Å². The first-order valence-corrected chi connectivity index (χ1v) is 6.66. The molecule has 4 heteroatoms. The highest BCUT2D eigenvalue weighted by molar-refractivity contribution is 5.68. The minimum absolute atomic E-state index is 0.00888. The highest BCUT2D eigenvalue weighted by atomic mass is 16.3. The van der Waals surface area contributed by atoms with Crippen LogP contribution >= 0.6 is 0 Å². The smallest absolute Gasteiger partial charge is 0.0708 e. The van der Waals surface area contributed by atoms with Crippen LogP contribution in [0.4, 0.5) is 5.69 Å². The molecule has 0 atom stereocenters. The molecular formula is C16H21N3O. The number of nitrogens with one attached hydrogen (secondary N) is 1. The molecule has 0 radical (unpaired) electrons. The standard InChI is InChI=1S/C16H21N3O/c1-17-10-12-6-7-18-16(8-12)15-5-4-14(19(2)3)9-13(15)11-20/h4-9,17,20H,10-11H2,1-3H3. The Bertz CT molecular complexity index is 582. The molecule has 1 aromatic carbocycles. The summed E-state index contributed by atoms with van der Waals surface area (Å²) in [4.78, 5) is 6.44. The summed E-state index contributed by atoms with van der Waals surface area (Å²) < 4.78 is 0. The van der Waals surface area contributed by atoms with Gasteiger partial charge in [0.25, 0.3) is 0 Å². The van der Waals surface area contributed by atoms with E-state index in [4.69, 9.17) is 0 Å². The Morgan fingerprint density at radius 3 is 2.65 bits per heavy atom. The SMILES string of the molecule is CNCc1ccnc(-c2ccc(N(C)C)cc2CO)c1. The van der Waals surface area contributed by atoms with E-state index < -0.39 is 0 Å². The summed E-state index contributed by atoms with van der Waals surface area (Å²) >= 11 is 0. The average molecular weight is 271 g/mol. The number of anilines is 1. The van der Waals surface area contributed by atoms with E-state index in [0.29, 0.717) is 0 Å². The number of aliphatic hydroxyl groups excluding tert-OH is 1. The first-order valence-electron chi connectivity index (χ1n) is 6.66. The molecule has 1 aromatic heterocycles. The maximum absolute atomic E-state index is 9.60. The average Bonchev–Trinajstić information content (AvgIpc) is 2.47. The zero-order chi connectivity index (χ0) is 14.5. The Balaban J connectivity index is 2.43. The maximum Gasteiger partial charge on any atom is 0.0708 e. The Hall–Kier alpha value is -1.91.